The maximum atomic E-state index is 12.7. The minimum atomic E-state index is -0.328. The van der Waals surface area contributed by atoms with Crippen LogP contribution in [0.2, 0.25) is 0 Å². The van der Waals surface area contributed by atoms with Gasteiger partial charge in [0.2, 0.25) is 5.91 Å². The predicted octanol–water partition coefficient (Wildman–Crippen LogP) is 3.16. The van der Waals surface area contributed by atoms with E-state index in [4.69, 9.17) is 0 Å². The molecule has 0 unspecified atom stereocenters. The first-order chi connectivity index (χ1) is 10.5. The zero-order chi connectivity index (χ0) is 16.1. The van der Waals surface area contributed by atoms with Gasteiger partial charge in [-0.05, 0) is 25.1 Å². The van der Waals surface area contributed by atoms with Crippen molar-refractivity contribution in [3.05, 3.63) is 47.7 Å². The van der Waals surface area contributed by atoms with Crippen LogP contribution in [0.25, 0.3) is 0 Å². The molecule has 1 aromatic carbocycles. The highest BCUT2D eigenvalue weighted by atomic mass is 16.2. The molecule has 1 aromatic heterocycles. The van der Waals surface area contributed by atoms with Crippen molar-refractivity contribution >= 4 is 11.7 Å². The summed E-state index contributed by atoms with van der Waals surface area (Å²) in [5, 5.41) is 10.0. The quantitative estimate of drug-likeness (QED) is 0.861. The van der Waals surface area contributed by atoms with Crippen molar-refractivity contribution in [3.63, 3.8) is 0 Å². The fourth-order valence-corrected chi connectivity index (χ4v) is 2.31. The number of hydrogen-bond donors (Lipinski definition) is 2. The number of hydrogen-bond acceptors (Lipinski definition) is 3. The third-order valence-electron chi connectivity index (χ3n) is 3.77. The topological polar surface area (TPSA) is 61.0 Å². The molecule has 0 radical (unpaired) electrons. The molecule has 2 N–H and O–H groups in total. The lowest BCUT2D eigenvalue weighted by Crippen LogP contribution is -2.34. The minimum Gasteiger partial charge on any atom is -0.308 e. The Labute approximate surface area is 131 Å². The number of nitrogens with one attached hydrogen (secondary N) is 2. The average Bonchev–Trinajstić information content (AvgIpc) is 2.97. The highest BCUT2D eigenvalue weighted by Gasteiger charge is 2.24. The van der Waals surface area contributed by atoms with E-state index in [-0.39, 0.29) is 11.9 Å². The largest absolute Gasteiger partial charge is 0.308 e. The van der Waals surface area contributed by atoms with E-state index in [1.54, 1.807) is 0 Å². The first-order valence-corrected chi connectivity index (χ1v) is 7.64. The Kier molecular flexibility index (Phi) is 5.33. The fraction of sp³-hybridized carbons (Fsp3) is 0.412. The van der Waals surface area contributed by atoms with Crippen molar-refractivity contribution in [2.45, 2.75) is 32.7 Å². The Morgan fingerprint density at radius 2 is 2.00 bits per heavy atom. The summed E-state index contributed by atoms with van der Waals surface area (Å²) in [6.45, 7) is 6.98. The predicted molar refractivity (Wildman–Crippen MR) is 88.8 cm³/mol. The van der Waals surface area contributed by atoms with Crippen LogP contribution in [-0.4, -0.2) is 34.6 Å². The Bertz CT molecular complexity index is 606. The molecule has 0 bridgehead atoms. The van der Waals surface area contributed by atoms with Gasteiger partial charge in [0.1, 0.15) is 6.04 Å². The Morgan fingerprint density at radius 3 is 2.55 bits per heavy atom. The van der Waals surface area contributed by atoms with Gasteiger partial charge in [-0.2, -0.15) is 5.10 Å². The molecule has 2 aromatic rings. The summed E-state index contributed by atoms with van der Waals surface area (Å²) in [6, 6.07) is 11.4. The number of amides is 1. The van der Waals surface area contributed by atoms with Gasteiger partial charge in [0.15, 0.2) is 5.82 Å². The molecule has 0 aliphatic heterocycles. The van der Waals surface area contributed by atoms with Crippen LogP contribution in [0.3, 0.4) is 0 Å². The normalized spacial score (nSPS) is 12.6. The molecule has 0 aliphatic rings. The van der Waals surface area contributed by atoms with Gasteiger partial charge in [0, 0.05) is 11.8 Å². The molecule has 0 spiro atoms. The second kappa shape index (κ2) is 7.22. The van der Waals surface area contributed by atoms with Gasteiger partial charge in [-0.25, -0.2) is 0 Å². The molecule has 5 heteroatoms. The number of benzene rings is 1. The highest BCUT2D eigenvalue weighted by molar-refractivity contribution is 5.94. The number of H-pyrrole nitrogens is 1. The molecule has 5 nitrogen and oxygen atoms in total. The first kappa shape index (κ1) is 16.2. The first-order valence-electron chi connectivity index (χ1n) is 7.64. The lowest BCUT2D eigenvalue weighted by Gasteiger charge is -2.25. The molecule has 0 aliphatic carbocycles. The molecule has 118 valence electrons. The Balaban J connectivity index is 2.18. The van der Waals surface area contributed by atoms with E-state index in [2.05, 4.69) is 29.4 Å². The van der Waals surface area contributed by atoms with Crippen LogP contribution < -0.4 is 5.32 Å². The number of carbonyl (C=O) groups excluding carboxylic acids is 1. The van der Waals surface area contributed by atoms with Gasteiger partial charge in [0.05, 0.1) is 0 Å². The number of aromatic amines is 1. The molecular weight excluding hydrogens is 276 g/mol. The number of anilines is 1. The Hall–Kier alpha value is -2.14. The minimum absolute atomic E-state index is 0.0719. The van der Waals surface area contributed by atoms with Crippen LogP contribution in [-0.2, 0) is 4.79 Å². The molecule has 0 saturated carbocycles. The number of carbonyl (C=O) groups is 1. The number of nitrogens with zero attached hydrogens (tertiary/aromatic N) is 2. The second-order valence-electron chi connectivity index (χ2n) is 5.74. The van der Waals surface area contributed by atoms with Crippen LogP contribution in [0.1, 0.15) is 44.0 Å². The van der Waals surface area contributed by atoms with Crippen molar-refractivity contribution in [1.29, 1.82) is 0 Å². The van der Waals surface area contributed by atoms with Gasteiger partial charge in [0.25, 0.3) is 0 Å². The van der Waals surface area contributed by atoms with E-state index in [0.29, 0.717) is 11.7 Å². The molecule has 1 atom stereocenters. The van der Waals surface area contributed by atoms with Gasteiger partial charge >= 0.3 is 0 Å². The molecule has 0 fully saturated rings. The maximum Gasteiger partial charge on any atom is 0.247 e. The number of rotatable bonds is 6. The van der Waals surface area contributed by atoms with E-state index < -0.39 is 0 Å². The van der Waals surface area contributed by atoms with Crippen molar-refractivity contribution in [2.75, 3.05) is 18.9 Å². The zero-order valence-electron chi connectivity index (χ0n) is 13.6. The number of aromatic nitrogens is 2. The third-order valence-corrected chi connectivity index (χ3v) is 3.77. The fourth-order valence-electron chi connectivity index (χ4n) is 2.31. The van der Waals surface area contributed by atoms with Crippen LogP contribution in [0.15, 0.2) is 36.4 Å². The molecular formula is C17H24N4O. The molecule has 1 amide bonds. The van der Waals surface area contributed by atoms with E-state index in [1.807, 2.05) is 55.3 Å². The smallest absolute Gasteiger partial charge is 0.247 e. The summed E-state index contributed by atoms with van der Waals surface area (Å²) in [5.74, 6) is 0.845. The summed E-state index contributed by atoms with van der Waals surface area (Å²) >= 11 is 0. The maximum absolute atomic E-state index is 12.7. The molecule has 22 heavy (non-hydrogen) atoms. The SMILES string of the molecule is CCN(C)[C@@H](C(=O)Nc1cc(C(C)C)[nH]n1)c1ccccc1. The van der Waals surface area contributed by atoms with Gasteiger partial charge in [-0.1, -0.05) is 51.1 Å². The average molecular weight is 300 g/mol. The third kappa shape index (κ3) is 3.74. The standard InChI is InChI=1S/C17H24N4O/c1-5-21(4)16(13-9-7-6-8-10-13)17(22)18-15-11-14(12(2)3)19-20-15/h6-12,16H,5H2,1-4H3,(H2,18,19,20,22)/t16-/m1/s1. The van der Waals surface area contributed by atoms with Crippen LogP contribution in [0.5, 0.6) is 0 Å². The molecule has 0 saturated heterocycles. The van der Waals surface area contributed by atoms with Crippen molar-refractivity contribution in [3.8, 4) is 0 Å². The second-order valence-corrected chi connectivity index (χ2v) is 5.74. The number of likely N-dealkylation sites (N-methyl/N-ethyl adjacent to an activating group) is 1. The highest BCUT2D eigenvalue weighted by Crippen LogP contribution is 2.22. The van der Waals surface area contributed by atoms with E-state index in [0.717, 1.165) is 17.8 Å². The van der Waals surface area contributed by atoms with Gasteiger partial charge in [-0.15, -0.1) is 0 Å². The van der Waals surface area contributed by atoms with Crippen molar-refractivity contribution in [2.24, 2.45) is 0 Å². The molecule has 1 heterocycles. The zero-order valence-corrected chi connectivity index (χ0v) is 13.6. The summed E-state index contributed by atoms with van der Waals surface area (Å²) in [5.41, 5.74) is 1.99. The monoisotopic (exact) mass is 300 g/mol. The van der Waals surface area contributed by atoms with E-state index >= 15 is 0 Å². The van der Waals surface area contributed by atoms with Crippen molar-refractivity contribution < 1.29 is 4.79 Å². The van der Waals surface area contributed by atoms with Gasteiger partial charge < -0.3 is 5.32 Å². The Morgan fingerprint density at radius 1 is 1.32 bits per heavy atom. The van der Waals surface area contributed by atoms with E-state index in [1.165, 1.54) is 0 Å². The summed E-state index contributed by atoms with van der Waals surface area (Å²) in [4.78, 5) is 14.7. The van der Waals surface area contributed by atoms with Crippen LogP contribution in [0, 0.1) is 0 Å². The molecule has 2 rings (SSSR count). The van der Waals surface area contributed by atoms with Crippen LogP contribution >= 0.6 is 0 Å². The summed E-state index contributed by atoms with van der Waals surface area (Å²) < 4.78 is 0. The van der Waals surface area contributed by atoms with Gasteiger partial charge in [-0.3, -0.25) is 14.8 Å². The lowest BCUT2D eigenvalue weighted by molar-refractivity contribution is -0.121. The van der Waals surface area contributed by atoms with E-state index in [9.17, 15) is 4.79 Å². The summed E-state index contributed by atoms with van der Waals surface area (Å²) in [7, 11) is 1.95. The lowest BCUT2D eigenvalue weighted by atomic mass is 10.0. The van der Waals surface area contributed by atoms with Crippen molar-refractivity contribution in [1.82, 2.24) is 15.1 Å². The summed E-state index contributed by atoms with van der Waals surface area (Å²) in [6.07, 6.45) is 0. The van der Waals surface area contributed by atoms with Crippen LogP contribution in [0.4, 0.5) is 5.82 Å².